The van der Waals surface area contributed by atoms with E-state index in [9.17, 15) is 13.2 Å². The first-order valence-corrected chi connectivity index (χ1v) is 11.3. The van der Waals surface area contributed by atoms with E-state index in [2.05, 4.69) is 4.72 Å². The van der Waals surface area contributed by atoms with E-state index >= 15 is 0 Å². The van der Waals surface area contributed by atoms with Crippen molar-refractivity contribution in [2.75, 3.05) is 6.61 Å². The zero-order chi connectivity index (χ0) is 22.3. The van der Waals surface area contributed by atoms with Crippen LogP contribution in [0.3, 0.4) is 0 Å². The van der Waals surface area contributed by atoms with Gasteiger partial charge in [0.1, 0.15) is 0 Å². The third kappa shape index (κ3) is 6.15. The standard InChI is InChI=1S/C23H19ClN2O4S/c24-20-10-12-21(13-11-20)31(28,29)26-22(18-4-2-1-3-5-18)14-15-30-23(27)19-8-6-17(16-25)7-9-19/h1-13,22,26H,14-15H2/t22-/m0/s1. The van der Waals surface area contributed by atoms with Gasteiger partial charge in [0.25, 0.3) is 0 Å². The molecule has 1 atom stereocenters. The minimum Gasteiger partial charge on any atom is -0.462 e. The van der Waals surface area contributed by atoms with Crippen molar-refractivity contribution in [1.82, 2.24) is 4.72 Å². The highest BCUT2D eigenvalue weighted by Gasteiger charge is 2.22. The molecule has 0 unspecified atom stereocenters. The summed E-state index contributed by atoms with van der Waals surface area (Å²) in [5.74, 6) is -0.545. The summed E-state index contributed by atoms with van der Waals surface area (Å²) < 4.78 is 33.6. The van der Waals surface area contributed by atoms with Gasteiger partial charge in [-0.2, -0.15) is 5.26 Å². The number of carbonyl (C=O) groups excluding carboxylic acids is 1. The molecule has 0 aromatic heterocycles. The van der Waals surface area contributed by atoms with Crippen LogP contribution in [0, 0.1) is 11.3 Å². The molecule has 0 spiro atoms. The summed E-state index contributed by atoms with van der Waals surface area (Å²) in [5.41, 5.74) is 1.50. The van der Waals surface area contributed by atoms with Crippen LogP contribution in [-0.4, -0.2) is 21.0 Å². The summed E-state index contributed by atoms with van der Waals surface area (Å²) in [7, 11) is -3.81. The highest BCUT2D eigenvalue weighted by Crippen LogP contribution is 2.22. The maximum atomic E-state index is 12.8. The number of nitrogens with one attached hydrogen (secondary N) is 1. The second kappa shape index (κ2) is 10.2. The Morgan fingerprint density at radius 3 is 2.26 bits per heavy atom. The Bertz CT molecular complexity index is 1170. The van der Waals surface area contributed by atoms with Crippen molar-refractivity contribution in [2.24, 2.45) is 0 Å². The molecule has 0 saturated carbocycles. The predicted octanol–water partition coefficient (Wildman–Crippen LogP) is 4.48. The molecule has 1 N–H and O–H groups in total. The second-order valence-corrected chi connectivity index (χ2v) is 8.80. The topological polar surface area (TPSA) is 96.3 Å². The van der Waals surface area contributed by atoms with E-state index < -0.39 is 22.0 Å². The van der Waals surface area contributed by atoms with Crippen molar-refractivity contribution >= 4 is 27.6 Å². The van der Waals surface area contributed by atoms with Crippen LogP contribution in [0.4, 0.5) is 0 Å². The molecule has 3 aromatic rings. The van der Waals surface area contributed by atoms with Crippen molar-refractivity contribution < 1.29 is 17.9 Å². The SMILES string of the molecule is N#Cc1ccc(C(=O)OCC[C@H](NS(=O)(=O)c2ccc(Cl)cc2)c2ccccc2)cc1. The van der Waals surface area contributed by atoms with E-state index in [4.69, 9.17) is 21.6 Å². The first-order valence-electron chi connectivity index (χ1n) is 9.39. The minimum atomic E-state index is -3.81. The van der Waals surface area contributed by atoms with Gasteiger partial charge in [0.05, 0.1) is 34.7 Å². The van der Waals surface area contributed by atoms with Gasteiger partial charge in [0.15, 0.2) is 0 Å². The number of ether oxygens (including phenoxy) is 1. The van der Waals surface area contributed by atoms with Crippen molar-refractivity contribution in [2.45, 2.75) is 17.4 Å². The lowest BCUT2D eigenvalue weighted by Gasteiger charge is -2.19. The first kappa shape index (κ1) is 22.5. The van der Waals surface area contributed by atoms with Crippen LogP contribution in [0.1, 0.15) is 33.9 Å². The third-order valence-electron chi connectivity index (χ3n) is 4.51. The van der Waals surface area contributed by atoms with Crippen molar-refractivity contribution in [3.05, 3.63) is 101 Å². The number of esters is 1. The third-order valence-corrected chi connectivity index (χ3v) is 6.25. The van der Waals surface area contributed by atoms with Gasteiger partial charge in [0.2, 0.25) is 10.0 Å². The molecule has 31 heavy (non-hydrogen) atoms. The summed E-state index contributed by atoms with van der Waals surface area (Å²) in [6.45, 7) is 0.00152. The van der Waals surface area contributed by atoms with E-state index in [0.29, 0.717) is 16.1 Å². The Labute approximate surface area is 186 Å². The molecule has 8 heteroatoms. The molecule has 0 radical (unpaired) electrons. The molecule has 0 aliphatic carbocycles. The summed E-state index contributed by atoms with van der Waals surface area (Å²) in [6, 6.07) is 22.4. The van der Waals surface area contributed by atoms with Crippen LogP contribution in [0.15, 0.2) is 83.8 Å². The van der Waals surface area contributed by atoms with Crippen molar-refractivity contribution in [3.63, 3.8) is 0 Å². The number of hydrogen-bond donors (Lipinski definition) is 1. The molecule has 0 saturated heterocycles. The number of sulfonamides is 1. The fraction of sp³-hybridized carbons (Fsp3) is 0.130. The average Bonchev–Trinajstić information content (AvgIpc) is 2.79. The first-order chi connectivity index (χ1) is 14.9. The van der Waals surface area contributed by atoms with Crippen molar-refractivity contribution in [1.29, 1.82) is 5.26 Å². The van der Waals surface area contributed by atoms with Crippen LogP contribution in [0.5, 0.6) is 0 Å². The van der Waals surface area contributed by atoms with Gasteiger partial charge in [-0.25, -0.2) is 17.9 Å². The second-order valence-electron chi connectivity index (χ2n) is 6.65. The van der Waals surface area contributed by atoms with E-state index in [-0.39, 0.29) is 17.9 Å². The fourth-order valence-electron chi connectivity index (χ4n) is 2.88. The summed E-state index contributed by atoms with van der Waals surface area (Å²) in [4.78, 5) is 12.3. The van der Waals surface area contributed by atoms with Gasteiger partial charge in [-0.1, -0.05) is 41.9 Å². The lowest BCUT2D eigenvalue weighted by Crippen LogP contribution is -2.29. The number of benzene rings is 3. The molecule has 0 amide bonds. The van der Waals surface area contributed by atoms with Crippen molar-refractivity contribution in [3.8, 4) is 6.07 Å². The quantitative estimate of drug-likeness (QED) is 0.506. The Hall–Kier alpha value is -3.18. The highest BCUT2D eigenvalue weighted by molar-refractivity contribution is 7.89. The van der Waals surface area contributed by atoms with Gasteiger partial charge in [0, 0.05) is 11.4 Å². The Morgan fingerprint density at radius 2 is 1.65 bits per heavy atom. The number of hydrogen-bond acceptors (Lipinski definition) is 5. The normalized spacial score (nSPS) is 12.0. The lowest BCUT2D eigenvalue weighted by atomic mass is 10.1. The molecular weight excluding hydrogens is 436 g/mol. The maximum absolute atomic E-state index is 12.8. The molecule has 158 valence electrons. The van der Waals surface area contributed by atoms with Crippen LogP contribution in [0.2, 0.25) is 5.02 Å². The molecule has 0 fully saturated rings. The number of nitrogens with zero attached hydrogens (tertiary/aromatic N) is 1. The van der Waals surface area contributed by atoms with Gasteiger partial charge < -0.3 is 4.74 Å². The van der Waals surface area contributed by atoms with Gasteiger partial charge in [-0.15, -0.1) is 0 Å². The summed E-state index contributed by atoms with van der Waals surface area (Å²) >= 11 is 5.85. The Balaban J connectivity index is 1.70. The molecular formula is C23H19ClN2O4S. The molecule has 3 rings (SSSR count). The van der Waals surface area contributed by atoms with E-state index in [1.165, 1.54) is 48.5 Å². The number of carbonyl (C=O) groups is 1. The van der Waals surface area contributed by atoms with Crippen LogP contribution in [0.25, 0.3) is 0 Å². The van der Waals surface area contributed by atoms with Crippen LogP contribution in [-0.2, 0) is 14.8 Å². The molecule has 0 bridgehead atoms. The smallest absolute Gasteiger partial charge is 0.338 e. The number of nitriles is 1. The molecule has 3 aromatic carbocycles. The molecule has 0 heterocycles. The zero-order valence-electron chi connectivity index (χ0n) is 16.4. The molecule has 6 nitrogen and oxygen atoms in total. The monoisotopic (exact) mass is 454 g/mol. The number of rotatable bonds is 8. The van der Waals surface area contributed by atoms with E-state index in [1.807, 2.05) is 24.3 Å². The van der Waals surface area contributed by atoms with Gasteiger partial charge >= 0.3 is 5.97 Å². The highest BCUT2D eigenvalue weighted by atomic mass is 35.5. The van der Waals surface area contributed by atoms with E-state index in [0.717, 1.165) is 5.56 Å². The minimum absolute atomic E-state index is 0.00152. The number of halogens is 1. The van der Waals surface area contributed by atoms with Gasteiger partial charge in [-0.3, -0.25) is 0 Å². The predicted molar refractivity (Wildman–Crippen MR) is 117 cm³/mol. The Morgan fingerprint density at radius 1 is 1.00 bits per heavy atom. The fourth-order valence-corrected chi connectivity index (χ4v) is 4.27. The van der Waals surface area contributed by atoms with Gasteiger partial charge in [-0.05, 0) is 54.1 Å². The zero-order valence-corrected chi connectivity index (χ0v) is 17.9. The lowest BCUT2D eigenvalue weighted by molar-refractivity contribution is 0.0492. The largest absolute Gasteiger partial charge is 0.462 e. The molecule has 0 aliphatic rings. The Kier molecular flexibility index (Phi) is 7.42. The summed E-state index contributed by atoms with van der Waals surface area (Å²) in [6.07, 6.45) is 0.235. The maximum Gasteiger partial charge on any atom is 0.338 e. The molecule has 0 aliphatic heterocycles. The summed E-state index contributed by atoms with van der Waals surface area (Å²) in [5, 5.41) is 9.28. The average molecular weight is 455 g/mol. The van der Waals surface area contributed by atoms with Crippen LogP contribution < -0.4 is 4.72 Å². The van der Waals surface area contributed by atoms with Crippen LogP contribution >= 0.6 is 11.6 Å². The van der Waals surface area contributed by atoms with E-state index in [1.54, 1.807) is 12.1 Å².